The van der Waals surface area contributed by atoms with Gasteiger partial charge in [-0.15, -0.1) is 11.3 Å². The molecule has 0 aliphatic heterocycles. The number of likely N-dealkylation sites (N-methyl/N-ethyl adjacent to an activating group) is 1. The van der Waals surface area contributed by atoms with Crippen LogP contribution in [0.15, 0.2) is 29.8 Å². The first-order chi connectivity index (χ1) is 9.60. The van der Waals surface area contributed by atoms with E-state index in [-0.39, 0.29) is 0 Å². The van der Waals surface area contributed by atoms with E-state index in [9.17, 15) is 5.11 Å². The minimum absolute atomic E-state index is 0.545. The van der Waals surface area contributed by atoms with Crippen molar-refractivity contribution in [1.29, 1.82) is 5.26 Å². The van der Waals surface area contributed by atoms with Crippen molar-refractivity contribution < 1.29 is 5.11 Å². The minimum atomic E-state index is -0.555. The van der Waals surface area contributed by atoms with E-state index in [0.29, 0.717) is 12.1 Å². The van der Waals surface area contributed by atoms with E-state index in [1.165, 1.54) is 4.88 Å². The van der Waals surface area contributed by atoms with Crippen molar-refractivity contribution in [3.63, 3.8) is 0 Å². The van der Waals surface area contributed by atoms with Crippen molar-refractivity contribution in [2.75, 3.05) is 13.6 Å². The molecule has 1 N–H and O–H groups in total. The Labute approximate surface area is 122 Å². The molecular weight excluding hydrogens is 270 g/mol. The molecule has 1 aromatic carbocycles. The molecule has 0 amide bonds. The van der Waals surface area contributed by atoms with Crippen LogP contribution in [0.3, 0.4) is 0 Å². The minimum Gasteiger partial charge on any atom is -0.387 e. The molecule has 1 atom stereocenters. The molecule has 104 valence electrons. The molecule has 0 aliphatic rings. The molecular formula is C15H17N3OS. The molecule has 4 nitrogen and oxygen atoms in total. The topological polar surface area (TPSA) is 60.1 Å². The molecule has 1 heterocycles. The maximum Gasteiger partial charge on any atom is 0.0991 e. The number of rotatable bonds is 5. The van der Waals surface area contributed by atoms with Crippen molar-refractivity contribution in [2.45, 2.75) is 19.6 Å². The Morgan fingerprint density at radius 2 is 2.10 bits per heavy atom. The van der Waals surface area contributed by atoms with Crippen LogP contribution in [0, 0.1) is 18.3 Å². The average molecular weight is 287 g/mol. The summed E-state index contributed by atoms with van der Waals surface area (Å²) in [5, 5.41) is 19.0. The van der Waals surface area contributed by atoms with E-state index in [0.717, 1.165) is 17.8 Å². The zero-order valence-corrected chi connectivity index (χ0v) is 12.4. The summed E-state index contributed by atoms with van der Waals surface area (Å²) in [7, 11) is 1.98. The van der Waals surface area contributed by atoms with E-state index in [1.54, 1.807) is 35.6 Å². The fraction of sp³-hybridized carbons (Fsp3) is 0.333. The van der Waals surface area contributed by atoms with E-state index < -0.39 is 6.10 Å². The smallest absolute Gasteiger partial charge is 0.0991 e. The molecule has 0 bridgehead atoms. The Kier molecular flexibility index (Phi) is 4.85. The zero-order chi connectivity index (χ0) is 14.5. The maximum absolute atomic E-state index is 10.2. The number of aliphatic hydroxyl groups is 1. The summed E-state index contributed by atoms with van der Waals surface area (Å²) >= 11 is 1.64. The Hall–Kier alpha value is -1.74. The molecule has 0 radical (unpaired) electrons. The third-order valence-corrected chi connectivity index (χ3v) is 4.09. The number of thiazole rings is 1. The molecule has 20 heavy (non-hydrogen) atoms. The summed E-state index contributed by atoms with van der Waals surface area (Å²) in [5.74, 6) is 0. The maximum atomic E-state index is 10.2. The van der Waals surface area contributed by atoms with Crippen molar-refractivity contribution >= 4 is 11.3 Å². The number of aliphatic hydroxyl groups excluding tert-OH is 1. The largest absolute Gasteiger partial charge is 0.387 e. The molecule has 0 saturated heterocycles. The van der Waals surface area contributed by atoms with Crippen LogP contribution in [0.1, 0.15) is 27.8 Å². The van der Waals surface area contributed by atoms with Gasteiger partial charge in [0.2, 0.25) is 0 Å². The number of hydrogen-bond donors (Lipinski definition) is 1. The lowest BCUT2D eigenvalue weighted by Crippen LogP contribution is -2.24. The van der Waals surface area contributed by atoms with Gasteiger partial charge >= 0.3 is 0 Å². The normalized spacial score (nSPS) is 12.3. The highest BCUT2D eigenvalue weighted by atomic mass is 32.1. The van der Waals surface area contributed by atoms with Gasteiger partial charge in [-0.25, -0.2) is 4.98 Å². The quantitative estimate of drug-likeness (QED) is 0.918. The van der Waals surface area contributed by atoms with E-state index in [4.69, 9.17) is 5.26 Å². The number of hydrogen-bond acceptors (Lipinski definition) is 5. The molecule has 0 saturated carbocycles. The van der Waals surface area contributed by atoms with Gasteiger partial charge in [-0.3, -0.25) is 4.90 Å². The first-order valence-corrected chi connectivity index (χ1v) is 7.23. The Morgan fingerprint density at radius 3 is 2.65 bits per heavy atom. The molecule has 5 heteroatoms. The number of aromatic nitrogens is 1. The van der Waals surface area contributed by atoms with Gasteiger partial charge in [0.1, 0.15) is 0 Å². The lowest BCUT2D eigenvalue weighted by atomic mass is 10.1. The molecule has 2 aromatic rings. The summed E-state index contributed by atoms with van der Waals surface area (Å²) in [6.07, 6.45) is -0.555. The fourth-order valence-corrected chi connectivity index (χ4v) is 2.82. The average Bonchev–Trinajstić information content (AvgIpc) is 2.84. The van der Waals surface area contributed by atoms with Crippen molar-refractivity contribution in [1.82, 2.24) is 9.88 Å². The van der Waals surface area contributed by atoms with Crippen LogP contribution in [0.4, 0.5) is 0 Å². The molecule has 1 unspecified atom stereocenters. The summed E-state index contributed by atoms with van der Waals surface area (Å²) in [6, 6.07) is 9.13. The Bertz CT molecular complexity index is 600. The van der Waals surface area contributed by atoms with Crippen LogP contribution < -0.4 is 0 Å². The second kappa shape index (κ2) is 6.62. The monoisotopic (exact) mass is 287 g/mol. The molecule has 0 aliphatic carbocycles. The summed E-state index contributed by atoms with van der Waals surface area (Å²) < 4.78 is 0. The Morgan fingerprint density at radius 1 is 1.40 bits per heavy atom. The van der Waals surface area contributed by atoms with Crippen molar-refractivity contribution in [3.05, 3.63) is 51.5 Å². The van der Waals surface area contributed by atoms with Crippen LogP contribution in [0.25, 0.3) is 0 Å². The summed E-state index contributed by atoms with van der Waals surface area (Å²) in [5.41, 5.74) is 4.33. The zero-order valence-electron chi connectivity index (χ0n) is 11.6. The van der Waals surface area contributed by atoms with E-state index >= 15 is 0 Å². The Balaban J connectivity index is 1.95. The van der Waals surface area contributed by atoms with Gasteiger partial charge in [-0.05, 0) is 31.7 Å². The predicted molar refractivity (Wildman–Crippen MR) is 79.3 cm³/mol. The van der Waals surface area contributed by atoms with Gasteiger partial charge in [-0.1, -0.05) is 12.1 Å². The van der Waals surface area contributed by atoms with Gasteiger partial charge in [-0.2, -0.15) is 5.26 Å². The second-order valence-electron chi connectivity index (χ2n) is 4.81. The summed E-state index contributed by atoms with van der Waals surface area (Å²) in [4.78, 5) is 7.52. The van der Waals surface area contributed by atoms with Crippen LogP contribution in [0.5, 0.6) is 0 Å². The highest BCUT2D eigenvalue weighted by Gasteiger charge is 2.12. The van der Waals surface area contributed by atoms with Crippen LogP contribution in [-0.2, 0) is 6.54 Å². The van der Waals surface area contributed by atoms with E-state index in [1.807, 2.05) is 19.5 Å². The van der Waals surface area contributed by atoms with Gasteiger partial charge in [0, 0.05) is 18.0 Å². The van der Waals surface area contributed by atoms with Crippen LogP contribution in [-0.4, -0.2) is 28.6 Å². The second-order valence-corrected chi connectivity index (χ2v) is 5.75. The highest BCUT2D eigenvalue weighted by molar-refractivity contribution is 7.09. The molecule has 0 spiro atoms. The van der Waals surface area contributed by atoms with Crippen LogP contribution >= 0.6 is 11.3 Å². The van der Waals surface area contributed by atoms with E-state index in [2.05, 4.69) is 16.0 Å². The highest BCUT2D eigenvalue weighted by Crippen LogP contribution is 2.18. The van der Waals surface area contributed by atoms with Crippen molar-refractivity contribution in [3.8, 4) is 6.07 Å². The number of aryl methyl sites for hydroxylation is 1. The molecule has 0 fully saturated rings. The lowest BCUT2D eigenvalue weighted by Gasteiger charge is -2.20. The molecule has 2 rings (SSSR count). The standard InChI is InChI=1S/C15H17N3OS/c1-11-15(20-10-17-11)9-18(2)8-14(19)13-5-3-12(7-16)4-6-13/h3-6,10,14,19H,8-9H2,1-2H3. The third kappa shape index (κ3) is 3.64. The van der Waals surface area contributed by atoms with Gasteiger partial charge in [0.15, 0.2) is 0 Å². The predicted octanol–water partition coefficient (Wildman–Crippen LogP) is 2.49. The summed E-state index contributed by atoms with van der Waals surface area (Å²) in [6.45, 7) is 3.32. The number of nitrogens with zero attached hydrogens (tertiary/aromatic N) is 3. The van der Waals surface area contributed by atoms with Crippen LogP contribution in [0.2, 0.25) is 0 Å². The fourth-order valence-electron chi connectivity index (χ4n) is 1.97. The first kappa shape index (κ1) is 14.7. The van der Waals surface area contributed by atoms with Gasteiger partial charge < -0.3 is 5.11 Å². The van der Waals surface area contributed by atoms with Gasteiger partial charge in [0.05, 0.1) is 28.9 Å². The molecule has 1 aromatic heterocycles. The first-order valence-electron chi connectivity index (χ1n) is 6.35. The van der Waals surface area contributed by atoms with Crippen molar-refractivity contribution in [2.24, 2.45) is 0 Å². The third-order valence-electron chi connectivity index (χ3n) is 3.17. The van der Waals surface area contributed by atoms with Gasteiger partial charge in [0.25, 0.3) is 0 Å². The number of benzene rings is 1. The lowest BCUT2D eigenvalue weighted by molar-refractivity contribution is 0.124. The number of nitriles is 1. The SMILES string of the molecule is Cc1ncsc1CN(C)CC(O)c1ccc(C#N)cc1.